The number of nitrogens with zero attached hydrogens (tertiary/aromatic N) is 1. The first kappa shape index (κ1) is 14.0. The van der Waals surface area contributed by atoms with Gasteiger partial charge in [0.05, 0.1) is 5.69 Å². The van der Waals surface area contributed by atoms with E-state index >= 15 is 0 Å². The van der Waals surface area contributed by atoms with Gasteiger partial charge in [-0.15, -0.1) is 11.3 Å². The third-order valence-corrected chi connectivity index (χ3v) is 4.51. The van der Waals surface area contributed by atoms with Crippen molar-refractivity contribution >= 4 is 52.7 Å². The summed E-state index contributed by atoms with van der Waals surface area (Å²) in [7, 11) is 1.59. The number of rotatable bonds is 6. The maximum absolute atomic E-state index is 10.8. The van der Waals surface area contributed by atoms with E-state index in [1.807, 2.05) is 5.38 Å². The highest BCUT2D eigenvalue weighted by Crippen LogP contribution is 2.19. The summed E-state index contributed by atoms with van der Waals surface area (Å²) in [6, 6.07) is -0.165. The minimum atomic E-state index is -0.165. The van der Waals surface area contributed by atoms with E-state index in [1.165, 1.54) is 23.3 Å². The number of urea groups is 1. The third kappa shape index (κ3) is 5.83. The van der Waals surface area contributed by atoms with Crippen LogP contribution in [0.2, 0.25) is 4.47 Å². The monoisotopic (exact) mass is 297 g/mol. The van der Waals surface area contributed by atoms with Crippen molar-refractivity contribution in [1.82, 2.24) is 15.0 Å². The molecular formula is C8H12ClN3OS3. The second kappa shape index (κ2) is 8.05. The summed E-state index contributed by atoms with van der Waals surface area (Å²) < 4.78 is 3.24. The van der Waals surface area contributed by atoms with Crippen LogP contribution in [-0.4, -0.2) is 29.6 Å². The second-order valence-electron chi connectivity index (χ2n) is 2.67. The fourth-order valence-corrected chi connectivity index (χ4v) is 3.32. The molecule has 1 aromatic rings. The second-order valence-corrected chi connectivity index (χ2v) is 6.12. The van der Waals surface area contributed by atoms with Gasteiger partial charge in [0.2, 0.25) is 0 Å². The number of amides is 2. The summed E-state index contributed by atoms with van der Waals surface area (Å²) in [5.74, 6) is 2.70. The number of hydrogen-bond donors (Lipinski definition) is 2. The van der Waals surface area contributed by atoms with Crippen LogP contribution in [0.15, 0.2) is 5.38 Å². The Balaban J connectivity index is 1.98. The van der Waals surface area contributed by atoms with Gasteiger partial charge in [0.15, 0.2) is 4.47 Å². The minimum Gasteiger partial charge on any atom is -0.341 e. The number of hydrogen-bond acceptors (Lipinski definition) is 5. The number of nitrogens with one attached hydrogen (secondary N) is 2. The molecule has 0 saturated carbocycles. The average Bonchev–Trinajstić information content (AvgIpc) is 2.69. The van der Waals surface area contributed by atoms with Crippen molar-refractivity contribution in [3.63, 3.8) is 0 Å². The number of carbonyl (C=O) groups excluding carboxylic acids is 1. The molecule has 0 aliphatic carbocycles. The lowest BCUT2D eigenvalue weighted by atomic mass is 10.6. The molecule has 0 unspecified atom stereocenters. The normalized spacial score (nSPS) is 10.1. The van der Waals surface area contributed by atoms with Crippen molar-refractivity contribution in [3.8, 4) is 0 Å². The third-order valence-electron chi connectivity index (χ3n) is 1.50. The average molecular weight is 298 g/mol. The van der Waals surface area contributed by atoms with Gasteiger partial charge in [0, 0.05) is 29.7 Å². The Hall–Kier alpha value is -0.110. The Morgan fingerprint density at radius 3 is 3.06 bits per heavy atom. The zero-order chi connectivity index (χ0) is 11.8. The van der Waals surface area contributed by atoms with Crippen LogP contribution in [-0.2, 0) is 5.75 Å². The predicted octanol–water partition coefficient (Wildman–Crippen LogP) is 2.61. The lowest BCUT2D eigenvalue weighted by Crippen LogP contribution is -2.27. The highest BCUT2D eigenvalue weighted by atomic mass is 35.5. The molecule has 4 nitrogen and oxygen atoms in total. The minimum absolute atomic E-state index is 0.165. The van der Waals surface area contributed by atoms with Crippen molar-refractivity contribution in [1.29, 1.82) is 0 Å². The molecule has 8 heteroatoms. The van der Waals surface area contributed by atoms with E-state index in [0.717, 1.165) is 23.0 Å². The molecule has 0 bridgehead atoms. The molecule has 0 saturated heterocycles. The smallest absolute Gasteiger partial charge is 0.324 e. The van der Waals surface area contributed by atoms with Crippen molar-refractivity contribution in [2.45, 2.75) is 5.75 Å². The van der Waals surface area contributed by atoms with Crippen LogP contribution in [0.4, 0.5) is 4.79 Å². The van der Waals surface area contributed by atoms with E-state index in [0.29, 0.717) is 4.47 Å². The van der Waals surface area contributed by atoms with E-state index in [4.69, 9.17) is 11.6 Å². The van der Waals surface area contributed by atoms with Crippen LogP contribution in [0.5, 0.6) is 0 Å². The van der Waals surface area contributed by atoms with E-state index in [1.54, 1.807) is 18.8 Å². The lowest BCUT2D eigenvalue weighted by Gasteiger charge is -2.02. The SMILES string of the molecule is CNC(=O)NSCCSCc1csc(Cl)n1. The number of carbonyl (C=O) groups is 1. The van der Waals surface area contributed by atoms with E-state index in [2.05, 4.69) is 15.0 Å². The van der Waals surface area contributed by atoms with E-state index in [9.17, 15) is 4.79 Å². The summed E-state index contributed by atoms with van der Waals surface area (Å²) in [5.41, 5.74) is 1.02. The van der Waals surface area contributed by atoms with Crippen LogP contribution in [0, 0.1) is 0 Å². The number of thioether (sulfide) groups is 1. The van der Waals surface area contributed by atoms with Gasteiger partial charge in [0.1, 0.15) is 0 Å². The predicted molar refractivity (Wildman–Crippen MR) is 73.3 cm³/mol. The first-order chi connectivity index (χ1) is 7.72. The Morgan fingerprint density at radius 1 is 1.62 bits per heavy atom. The van der Waals surface area contributed by atoms with Crippen LogP contribution < -0.4 is 10.0 Å². The van der Waals surface area contributed by atoms with Gasteiger partial charge >= 0.3 is 6.03 Å². The highest BCUT2D eigenvalue weighted by molar-refractivity contribution is 8.01. The highest BCUT2D eigenvalue weighted by Gasteiger charge is 2.00. The molecule has 90 valence electrons. The van der Waals surface area contributed by atoms with Gasteiger partial charge in [-0.05, 0) is 11.9 Å². The molecule has 2 amide bonds. The Morgan fingerprint density at radius 2 is 2.44 bits per heavy atom. The molecule has 1 aromatic heterocycles. The first-order valence-electron chi connectivity index (χ1n) is 4.49. The van der Waals surface area contributed by atoms with Crippen LogP contribution in [0.1, 0.15) is 5.69 Å². The van der Waals surface area contributed by atoms with Gasteiger partial charge in [-0.2, -0.15) is 11.8 Å². The van der Waals surface area contributed by atoms with Gasteiger partial charge in [-0.25, -0.2) is 9.78 Å². The summed E-state index contributed by atoms with van der Waals surface area (Å²) in [6.07, 6.45) is 0. The molecule has 0 radical (unpaired) electrons. The molecule has 0 spiro atoms. The molecule has 0 aliphatic rings. The Labute approximate surface area is 112 Å². The standard InChI is InChI=1S/C8H12ClN3OS3/c1-10-8(13)12-16-3-2-14-4-6-5-15-7(9)11-6/h5H,2-4H2,1H3,(H2,10,12,13). The number of thiazole rings is 1. The van der Waals surface area contributed by atoms with Gasteiger partial charge < -0.3 is 5.32 Å². The molecule has 1 heterocycles. The summed E-state index contributed by atoms with van der Waals surface area (Å²) >= 11 is 10.3. The van der Waals surface area contributed by atoms with Crippen LogP contribution in [0.3, 0.4) is 0 Å². The Bertz CT molecular complexity index is 334. The fourth-order valence-electron chi connectivity index (χ4n) is 0.793. The van der Waals surface area contributed by atoms with Crippen LogP contribution in [0.25, 0.3) is 0 Å². The Kier molecular flexibility index (Phi) is 7.02. The lowest BCUT2D eigenvalue weighted by molar-refractivity contribution is 0.248. The molecule has 0 aliphatic heterocycles. The number of aromatic nitrogens is 1. The zero-order valence-corrected chi connectivity index (χ0v) is 11.9. The van der Waals surface area contributed by atoms with Crippen molar-refractivity contribution in [2.75, 3.05) is 18.6 Å². The topological polar surface area (TPSA) is 54.0 Å². The van der Waals surface area contributed by atoms with Crippen molar-refractivity contribution in [2.24, 2.45) is 0 Å². The maximum atomic E-state index is 10.8. The molecule has 2 N–H and O–H groups in total. The molecule has 0 aromatic carbocycles. The van der Waals surface area contributed by atoms with Crippen LogP contribution >= 0.6 is 46.6 Å². The molecule has 16 heavy (non-hydrogen) atoms. The summed E-state index contributed by atoms with van der Waals surface area (Å²) in [6.45, 7) is 0. The molecule has 0 atom stereocenters. The quantitative estimate of drug-likeness (QED) is 0.626. The molecule has 1 rings (SSSR count). The molecule has 0 fully saturated rings. The zero-order valence-electron chi connectivity index (χ0n) is 8.66. The summed E-state index contributed by atoms with van der Waals surface area (Å²) in [5, 5.41) is 4.45. The van der Waals surface area contributed by atoms with Gasteiger partial charge in [0.25, 0.3) is 0 Å². The van der Waals surface area contributed by atoms with E-state index in [-0.39, 0.29) is 6.03 Å². The van der Waals surface area contributed by atoms with Crippen molar-refractivity contribution in [3.05, 3.63) is 15.5 Å². The van der Waals surface area contributed by atoms with Crippen molar-refractivity contribution < 1.29 is 4.79 Å². The maximum Gasteiger partial charge on any atom is 0.324 e. The van der Waals surface area contributed by atoms with Gasteiger partial charge in [-0.1, -0.05) is 11.6 Å². The molecular weight excluding hydrogens is 286 g/mol. The number of halogens is 1. The van der Waals surface area contributed by atoms with Gasteiger partial charge in [-0.3, -0.25) is 4.72 Å². The largest absolute Gasteiger partial charge is 0.341 e. The first-order valence-corrected chi connectivity index (χ1v) is 7.89. The fraction of sp³-hybridized carbons (Fsp3) is 0.500. The summed E-state index contributed by atoms with van der Waals surface area (Å²) in [4.78, 5) is 14.9. The van der Waals surface area contributed by atoms with E-state index < -0.39 is 0 Å².